The molecule has 78 valence electrons. The van der Waals surface area contributed by atoms with E-state index in [1.54, 1.807) is 12.4 Å². The molecule has 0 aliphatic heterocycles. The number of hydrogen-bond donors (Lipinski definition) is 1. The second kappa shape index (κ2) is 4.53. The van der Waals surface area contributed by atoms with Crippen LogP contribution in [-0.2, 0) is 6.54 Å². The van der Waals surface area contributed by atoms with Crippen molar-refractivity contribution in [2.75, 3.05) is 13.6 Å². The minimum Gasteiger partial charge on any atom is -0.389 e. The Hall–Kier alpha value is -0.930. The van der Waals surface area contributed by atoms with Crippen LogP contribution in [0.4, 0.5) is 0 Å². The smallest absolute Gasteiger partial charge is 0.0718 e. The van der Waals surface area contributed by atoms with Gasteiger partial charge >= 0.3 is 0 Å². The van der Waals surface area contributed by atoms with Crippen molar-refractivity contribution in [3.63, 3.8) is 0 Å². The zero-order chi connectivity index (χ0) is 10.6. The fraction of sp³-hybridized carbons (Fsp3) is 0.545. The van der Waals surface area contributed by atoms with Crippen molar-refractivity contribution in [1.82, 2.24) is 9.88 Å². The molecule has 0 atom stereocenters. The molecule has 0 spiro atoms. The summed E-state index contributed by atoms with van der Waals surface area (Å²) >= 11 is 0. The minimum absolute atomic E-state index is 0.637. The average molecular weight is 194 g/mol. The van der Waals surface area contributed by atoms with Gasteiger partial charge in [-0.05, 0) is 38.6 Å². The van der Waals surface area contributed by atoms with Gasteiger partial charge in [-0.25, -0.2) is 0 Å². The SMILES string of the molecule is CN(Cc1ccncc1)CC(C)(C)O. The number of rotatable bonds is 4. The summed E-state index contributed by atoms with van der Waals surface area (Å²) in [5, 5.41) is 9.61. The van der Waals surface area contributed by atoms with Gasteiger partial charge < -0.3 is 5.11 Å². The molecule has 0 bridgehead atoms. The molecule has 0 aromatic carbocycles. The Morgan fingerprint density at radius 1 is 1.36 bits per heavy atom. The van der Waals surface area contributed by atoms with Crippen molar-refractivity contribution < 1.29 is 5.11 Å². The van der Waals surface area contributed by atoms with E-state index < -0.39 is 5.60 Å². The van der Waals surface area contributed by atoms with Gasteiger partial charge in [-0.15, -0.1) is 0 Å². The molecule has 14 heavy (non-hydrogen) atoms. The fourth-order valence-corrected chi connectivity index (χ4v) is 1.52. The predicted molar refractivity (Wildman–Crippen MR) is 56.9 cm³/mol. The van der Waals surface area contributed by atoms with Gasteiger partial charge in [0.1, 0.15) is 0 Å². The largest absolute Gasteiger partial charge is 0.389 e. The minimum atomic E-state index is -0.637. The summed E-state index contributed by atoms with van der Waals surface area (Å²) in [6.07, 6.45) is 3.57. The zero-order valence-electron chi connectivity index (χ0n) is 9.07. The van der Waals surface area contributed by atoms with E-state index in [0.717, 1.165) is 6.54 Å². The number of likely N-dealkylation sites (N-methyl/N-ethyl adjacent to an activating group) is 1. The summed E-state index contributed by atoms with van der Waals surface area (Å²) < 4.78 is 0. The third-order valence-electron chi connectivity index (χ3n) is 1.86. The highest BCUT2D eigenvalue weighted by Gasteiger charge is 2.15. The second-order valence-electron chi connectivity index (χ2n) is 4.34. The number of nitrogens with zero attached hydrogens (tertiary/aromatic N) is 2. The summed E-state index contributed by atoms with van der Waals surface area (Å²) in [4.78, 5) is 6.05. The maximum Gasteiger partial charge on any atom is 0.0718 e. The molecule has 1 heterocycles. The molecule has 3 nitrogen and oxygen atoms in total. The Labute approximate surface area is 85.4 Å². The van der Waals surface area contributed by atoms with Gasteiger partial charge in [-0.3, -0.25) is 9.88 Å². The van der Waals surface area contributed by atoms with Gasteiger partial charge in [0.2, 0.25) is 0 Å². The first-order valence-electron chi connectivity index (χ1n) is 4.77. The first kappa shape index (κ1) is 11.1. The number of hydrogen-bond acceptors (Lipinski definition) is 3. The lowest BCUT2D eigenvalue weighted by molar-refractivity contribution is 0.0425. The molecule has 3 heteroatoms. The van der Waals surface area contributed by atoms with Crippen LogP contribution in [0, 0.1) is 0 Å². The molecule has 0 saturated carbocycles. The Morgan fingerprint density at radius 3 is 2.43 bits per heavy atom. The van der Waals surface area contributed by atoms with Crippen LogP contribution in [0.1, 0.15) is 19.4 Å². The quantitative estimate of drug-likeness (QED) is 0.784. The van der Waals surface area contributed by atoms with Crippen LogP contribution < -0.4 is 0 Å². The van der Waals surface area contributed by atoms with E-state index in [1.807, 2.05) is 33.0 Å². The molecule has 1 aromatic heterocycles. The molecule has 1 N–H and O–H groups in total. The maximum absolute atomic E-state index is 9.61. The van der Waals surface area contributed by atoms with Gasteiger partial charge in [0, 0.05) is 25.5 Å². The second-order valence-corrected chi connectivity index (χ2v) is 4.34. The van der Waals surface area contributed by atoms with Gasteiger partial charge in [-0.2, -0.15) is 0 Å². The molecule has 0 fully saturated rings. The lowest BCUT2D eigenvalue weighted by Gasteiger charge is -2.25. The van der Waals surface area contributed by atoms with E-state index >= 15 is 0 Å². The van der Waals surface area contributed by atoms with E-state index in [0.29, 0.717) is 6.54 Å². The number of aromatic nitrogens is 1. The van der Waals surface area contributed by atoms with E-state index in [1.165, 1.54) is 5.56 Å². The fourth-order valence-electron chi connectivity index (χ4n) is 1.52. The molecule has 0 aliphatic rings. The summed E-state index contributed by atoms with van der Waals surface area (Å²) in [7, 11) is 2.00. The van der Waals surface area contributed by atoms with E-state index in [9.17, 15) is 5.11 Å². The van der Waals surface area contributed by atoms with E-state index in [2.05, 4.69) is 9.88 Å². The first-order valence-corrected chi connectivity index (χ1v) is 4.77. The number of pyridine rings is 1. The summed E-state index contributed by atoms with van der Waals surface area (Å²) in [5.74, 6) is 0. The lowest BCUT2D eigenvalue weighted by atomic mass is 10.1. The monoisotopic (exact) mass is 194 g/mol. The van der Waals surface area contributed by atoms with Crippen molar-refractivity contribution in [3.05, 3.63) is 30.1 Å². The van der Waals surface area contributed by atoms with Crippen LogP contribution in [-0.4, -0.2) is 34.2 Å². The Kier molecular flexibility index (Phi) is 3.61. The van der Waals surface area contributed by atoms with Crippen LogP contribution in [0.25, 0.3) is 0 Å². The normalized spacial score (nSPS) is 12.1. The van der Waals surface area contributed by atoms with Gasteiger partial charge in [0.05, 0.1) is 5.60 Å². The Balaban J connectivity index is 2.46. The zero-order valence-corrected chi connectivity index (χ0v) is 9.07. The number of aliphatic hydroxyl groups is 1. The van der Waals surface area contributed by atoms with Crippen molar-refractivity contribution in [3.8, 4) is 0 Å². The molecule has 1 aromatic rings. The molecule has 1 rings (SSSR count). The highest BCUT2D eigenvalue weighted by atomic mass is 16.3. The molecule has 0 amide bonds. The highest BCUT2D eigenvalue weighted by molar-refractivity contribution is 5.09. The molecular weight excluding hydrogens is 176 g/mol. The summed E-state index contributed by atoms with van der Waals surface area (Å²) in [6.45, 7) is 5.13. The highest BCUT2D eigenvalue weighted by Crippen LogP contribution is 2.07. The molecule has 0 saturated heterocycles. The van der Waals surface area contributed by atoms with Crippen molar-refractivity contribution in [1.29, 1.82) is 0 Å². The van der Waals surface area contributed by atoms with E-state index in [4.69, 9.17) is 0 Å². The predicted octanol–water partition coefficient (Wildman–Crippen LogP) is 1.28. The first-order chi connectivity index (χ1) is 6.47. The van der Waals surface area contributed by atoms with Gasteiger partial charge in [-0.1, -0.05) is 0 Å². The van der Waals surface area contributed by atoms with Crippen LogP contribution >= 0.6 is 0 Å². The molecular formula is C11H18N2O. The molecule has 0 aliphatic carbocycles. The third kappa shape index (κ3) is 4.35. The molecule has 0 unspecified atom stereocenters. The van der Waals surface area contributed by atoms with Crippen LogP contribution in [0.5, 0.6) is 0 Å². The van der Waals surface area contributed by atoms with Crippen LogP contribution in [0.2, 0.25) is 0 Å². The van der Waals surface area contributed by atoms with E-state index in [-0.39, 0.29) is 0 Å². The lowest BCUT2D eigenvalue weighted by Crippen LogP contribution is -2.35. The molecule has 0 radical (unpaired) electrons. The van der Waals surface area contributed by atoms with Crippen LogP contribution in [0.15, 0.2) is 24.5 Å². The topological polar surface area (TPSA) is 36.4 Å². The Morgan fingerprint density at radius 2 is 1.93 bits per heavy atom. The van der Waals surface area contributed by atoms with Gasteiger partial charge in [0.15, 0.2) is 0 Å². The summed E-state index contributed by atoms with van der Waals surface area (Å²) in [5.41, 5.74) is 0.577. The summed E-state index contributed by atoms with van der Waals surface area (Å²) in [6, 6.07) is 3.97. The van der Waals surface area contributed by atoms with Crippen molar-refractivity contribution in [2.45, 2.75) is 26.0 Å². The average Bonchev–Trinajstić information content (AvgIpc) is 2.02. The third-order valence-corrected chi connectivity index (χ3v) is 1.86. The Bertz CT molecular complexity index is 266. The standard InChI is InChI=1S/C11H18N2O/c1-11(2,14)9-13(3)8-10-4-6-12-7-5-10/h4-7,14H,8-9H2,1-3H3. The van der Waals surface area contributed by atoms with Crippen molar-refractivity contribution in [2.24, 2.45) is 0 Å². The van der Waals surface area contributed by atoms with Crippen molar-refractivity contribution >= 4 is 0 Å². The van der Waals surface area contributed by atoms with Gasteiger partial charge in [0.25, 0.3) is 0 Å². The maximum atomic E-state index is 9.61. The van der Waals surface area contributed by atoms with Crippen LogP contribution in [0.3, 0.4) is 0 Å².